The first kappa shape index (κ1) is 23.8. The predicted octanol–water partition coefficient (Wildman–Crippen LogP) is 2.50. The minimum Gasteiger partial charge on any atom is -0.497 e. The lowest BCUT2D eigenvalue weighted by atomic mass is 9.95. The third-order valence-corrected chi connectivity index (χ3v) is 7.00. The van der Waals surface area contributed by atoms with Crippen LogP contribution in [0.2, 0.25) is 0 Å². The van der Waals surface area contributed by atoms with Crippen LogP contribution in [0, 0.1) is 0 Å². The molecule has 9 heteroatoms. The smallest absolute Gasteiger partial charge is 0.272 e. The number of aromatic nitrogens is 2. The molecule has 4 rings (SSSR count). The second-order valence-electron chi connectivity index (χ2n) is 9.41. The van der Waals surface area contributed by atoms with Crippen LogP contribution in [-0.2, 0) is 17.9 Å². The molecule has 2 N–H and O–H groups in total. The molecule has 0 bridgehead atoms. The molecule has 1 aromatic carbocycles. The van der Waals surface area contributed by atoms with Gasteiger partial charge in [-0.2, -0.15) is 5.10 Å². The van der Waals surface area contributed by atoms with Crippen molar-refractivity contribution in [3.8, 4) is 5.75 Å². The summed E-state index contributed by atoms with van der Waals surface area (Å²) >= 11 is 0. The Balaban J connectivity index is 1.46. The maximum Gasteiger partial charge on any atom is 0.272 e. The van der Waals surface area contributed by atoms with E-state index >= 15 is 0 Å². The van der Waals surface area contributed by atoms with Gasteiger partial charge in [0.05, 0.1) is 13.7 Å². The van der Waals surface area contributed by atoms with Crippen molar-refractivity contribution in [1.29, 1.82) is 0 Å². The third-order valence-electron chi connectivity index (χ3n) is 7.00. The van der Waals surface area contributed by atoms with E-state index in [0.717, 1.165) is 31.2 Å². The Morgan fingerprint density at radius 2 is 1.91 bits per heavy atom. The fourth-order valence-corrected chi connectivity index (χ4v) is 4.66. The van der Waals surface area contributed by atoms with Gasteiger partial charge in [0.2, 0.25) is 5.91 Å². The van der Waals surface area contributed by atoms with Crippen LogP contribution in [-0.4, -0.2) is 58.1 Å². The van der Waals surface area contributed by atoms with E-state index in [1.54, 1.807) is 21.1 Å². The van der Waals surface area contributed by atoms with Crippen molar-refractivity contribution < 1.29 is 19.1 Å². The fourth-order valence-electron chi connectivity index (χ4n) is 4.66. The van der Waals surface area contributed by atoms with Crippen LogP contribution in [0.3, 0.4) is 0 Å². The molecule has 0 spiro atoms. The van der Waals surface area contributed by atoms with Crippen molar-refractivity contribution in [2.45, 2.75) is 70.1 Å². The van der Waals surface area contributed by atoms with Gasteiger partial charge >= 0.3 is 0 Å². The first-order valence-corrected chi connectivity index (χ1v) is 11.9. The van der Waals surface area contributed by atoms with Crippen LogP contribution < -0.4 is 15.4 Å². The summed E-state index contributed by atoms with van der Waals surface area (Å²) in [5, 5.41) is 10.4. The number of carbonyl (C=O) groups excluding carboxylic acids is 3. The number of nitrogens with zero attached hydrogens (tertiary/aromatic N) is 3. The molecular formula is C25H33N5O4. The summed E-state index contributed by atoms with van der Waals surface area (Å²) in [7, 11) is 3.22. The van der Waals surface area contributed by atoms with E-state index in [0.29, 0.717) is 18.0 Å². The van der Waals surface area contributed by atoms with Crippen molar-refractivity contribution in [1.82, 2.24) is 25.3 Å². The molecule has 0 radical (unpaired) electrons. The maximum absolute atomic E-state index is 13.3. The van der Waals surface area contributed by atoms with E-state index in [1.807, 2.05) is 24.3 Å². The SMILES string of the molecule is COc1cccc(CNC(=O)c2cc3n(n2)CC(C)(C(=O)NC2CCCCCC2)N(C)C3=O)c1. The number of ether oxygens (including phenoxy) is 1. The van der Waals surface area contributed by atoms with Gasteiger partial charge in [-0.1, -0.05) is 37.8 Å². The molecule has 1 saturated carbocycles. The van der Waals surface area contributed by atoms with Crippen LogP contribution in [0.5, 0.6) is 5.75 Å². The number of nitrogens with one attached hydrogen (secondary N) is 2. The molecular weight excluding hydrogens is 434 g/mol. The summed E-state index contributed by atoms with van der Waals surface area (Å²) in [4.78, 5) is 40.6. The third kappa shape index (κ3) is 4.78. The quantitative estimate of drug-likeness (QED) is 0.635. The van der Waals surface area contributed by atoms with Gasteiger partial charge in [0.15, 0.2) is 5.69 Å². The highest BCUT2D eigenvalue weighted by Crippen LogP contribution is 2.27. The van der Waals surface area contributed by atoms with Gasteiger partial charge < -0.3 is 20.3 Å². The second kappa shape index (κ2) is 9.87. The Kier molecular flexibility index (Phi) is 6.90. The van der Waals surface area contributed by atoms with Gasteiger partial charge in [0, 0.05) is 25.7 Å². The summed E-state index contributed by atoms with van der Waals surface area (Å²) in [5.41, 5.74) is 0.244. The maximum atomic E-state index is 13.3. The summed E-state index contributed by atoms with van der Waals surface area (Å²) in [6.45, 7) is 2.24. The number of methoxy groups -OCH3 is 1. The highest BCUT2D eigenvalue weighted by atomic mass is 16.5. The topological polar surface area (TPSA) is 106 Å². The summed E-state index contributed by atoms with van der Waals surface area (Å²) < 4.78 is 6.69. The lowest BCUT2D eigenvalue weighted by molar-refractivity contribution is -0.133. The van der Waals surface area contributed by atoms with E-state index < -0.39 is 5.54 Å². The van der Waals surface area contributed by atoms with Crippen molar-refractivity contribution in [3.05, 3.63) is 47.3 Å². The molecule has 1 atom stereocenters. The first-order chi connectivity index (χ1) is 16.3. The molecule has 182 valence electrons. The Bertz CT molecular complexity index is 1070. The molecule has 2 aromatic rings. The van der Waals surface area contributed by atoms with E-state index in [4.69, 9.17) is 4.74 Å². The van der Waals surface area contributed by atoms with Crippen LogP contribution in [0.25, 0.3) is 0 Å². The molecule has 2 heterocycles. The number of benzene rings is 1. The lowest BCUT2D eigenvalue weighted by Gasteiger charge is -2.41. The highest BCUT2D eigenvalue weighted by Gasteiger charge is 2.46. The molecule has 1 aliphatic heterocycles. The van der Waals surface area contributed by atoms with Crippen molar-refractivity contribution in [2.75, 3.05) is 14.2 Å². The van der Waals surface area contributed by atoms with Crippen LogP contribution >= 0.6 is 0 Å². The van der Waals surface area contributed by atoms with E-state index in [2.05, 4.69) is 15.7 Å². The summed E-state index contributed by atoms with van der Waals surface area (Å²) in [6, 6.07) is 9.04. The van der Waals surface area contributed by atoms with Gasteiger partial charge in [-0.15, -0.1) is 0 Å². The van der Waals surface area contributed by atoms with Gasteiger partial charge in [-0.3, -0.25) is 19.1 Å². The monoisotopic (exact) mass is 467 g/mol. The standard InChI is InChI=1S/C25H33N5O4/c1-25(24(33)27-18-10-6-4-5-7-11-18)16-30-21(23(32)29(25)2)14-20(28-30)22(31)26-15-17-9-8-12-19(13-17)34-3/h8-9,12-14,18H,4-7,10-11,15-16H2,1-3H3,(H,26,31)(H,27,33). The predicted molar refractivity (Wildman–Crippen MR) is 127 cm³/mol. The Hall–Kier alpha value is -3.36. The zero-order valence-corrected chi connectivity index (χ0v) is 20.1. The molecule has 1 aromatic heterocycles. The number of likely N-dealkylation sites (N-methyl/N-ethyl adjacent to an activating group) is 1. The van der Waals surface area contributed by atoms with Crippen LogP contribution in [0.1, 0.15) is 72.0 Å². The van der Waals surface area contributed by atoms with Gasteiger partial charge in [-0.05, 0) is 37.5 Å². The molecule has 34 heavy (non-hydrogen) atoms. The molecule has 1 unspecified atom stereocenters. The number of fused-ring (bicyclic) bond motifs is 1. The Labute approximate surface area is 199 Å². The van der Waals surface area contributed by atoms with E-state index in [-0.39, 0.29) is 36.0 Å². The normalized spacial score (nSPS) is 20.9. The van der Waals surface area contributed by atoms with Crippen molar-refractivity contribution in [3.63, 3.8) is 0 Å². The molecule has 9 nitrogen and oxygen atoms in total. The largest absolute Gasteiger partial charge is 0.497 e. The minimum absolute atomic E-state index is 0.132. The van der Waals surface area contributed by atoms with Crippen LogP contribution in [0.15, 0.2) is 30.3 Å². The van der Waals surface area contributed by atoms with Crippen molar-refractivity contribution >= 4 is 17.7 Å². The fraction of sp³-hybridized carbons (Fsp3) is 0.520. The van der Waals surface area contributed by atoms with Gasteiger partial charge in [-0.25, -0.2) is 0 Å². The number of hydrogen-bond acceptors (Lipinski definition) is 5. The molecule has 2 aliphatic rings. The Morgan fingerprint density at radius 3 is 2.62 bits per heavy atom. The summed E-state index contributed by atoms with van der Waals surface area (Å²) in [5.74, 6) is -0.187. The zero-order valence-electron chi connectivity index (χ0n) is 20.1. The molecule has 0 saturated heterocycles. The number of carbonyl (C=O) groups is 3. The van der Waals surface area contributed by atoms with Gasteiger partial charge in [0.1, 0.15) is 17.0 Å². The van der Waals surface area contributed by atoms with E-state index in [9.17, 15) is 14.4 Å². The molecule has 1 aliphatic carbocycles. The lowest BCUT2D eigenvalue weighted by Crippen LogP contribution is -2.63. The Morgan fingerprint density at radius 1 is 1.18 bits per heavy atom. The van der Waals surface area contributed by atoms with E-state index in [1.165, 1.54) is 28.5 Å². The number of amides is 3. The average molecular weight is 468 g/mol. The number of rotatable bonds is 6. The molecule has 1 fully saturated rings. The van der Waals surface area contributed by atoms with Gasteiger partial charge in [0.25, 0.3) is 11.8 Å². The second-order valence-corrected chi connectivity index (χ2v) is 9.41. The average Bonchev–Trinajstić information content (AvgIpc) is 3.09. The van der Waals surface area contributed by atoms with Crippen LogP contribution in [0.4, 0.5) is 0 Å². The zero-order chi connectivity index (χ0) is 24.3. The van der Waals surface area contributed by atoms with Crippen molar-refractivity contribution in [2.24, 2.45) is 0 Å². The minimum atomic E-state index is -1.09. The summed E-state index contributed by atoms with van der Waals surface area (Å²) in [6.07, 6.45) is 6.53. The number of hydrogen-bond donors (Lipinski definition) is 2. The first-order valence-electron chi connectivity index (χ1n) is 11.9. The molecule has 3 amide bonds. The highest BCUT2D eigenvalue weighted by molar-refractivity contribution is 6.01.